The van der Waals surface area contributed by atoms with Gasteiger partial charge < -0.3 is 5.32 Å². The van der Waals surface area contributed by atoms with E-state index in [1.165, 1.54) is 35.2 Å². The van der Waals surface area contributed by atoms with Crippen molar-refractivity contribution >= 4 is 17.3 Å². The number of alkyl halides is 3. The number of nitrogens with one attached hydrogen (secondary N) is 1. The molecule has 0 aliphatic carbocycles. The SMILES string of the molecule is Cc1ccc(Nc2cnc3cc(-c4ncccc4C(F)(F)F)cnn23)nc1. The van der Waals surface area contributed by atoms with Gasteiger partial charge in [0.15, 0.2) is 11.5 Å². The number of aromatic nitrogens is 5. The number of nitrogens with zero attached hydrogens (tertiary/aromatic N) is 5. The van der Waals surface area contributed by atoms with Gasteiger partial charge in [-0.1, -0.05) is 6.07 Å². The lowest BCUT2D eigenvalue weighted by Gasteiger charge is -2.11. The molecular weight excluding hydrogens is 357 g/mol. The molecule has 4 heterocycles. The Hall–Kier alpha value is -3.49. The Morgan fingerprint density at radius 2 is 1.85 bits per heavy atom. The van der Waals surface area contributed by atoms with Crippen LogP contribution < -0.4 is 5.32 Å². The van der Waals surface area contributed by atoms with E-state index in [1.54, 1.807) is 6.20 Å². The lowest BCUT2D eigenvalue weighted by Crippen LogP contribution is -2.08. The third kappa shape index (κ3) is 3.31. The van der Waals surface area contributed by atoms with E-state index in [0.29, 0.717) is 17.3 Å². The maximum atomic E-state index is 13.2. The predicted octanol–water partition coefficient (Wildman–Crippen LogP) is 4.26. The number of fused-ring (bicyclic) bond motifs is 1. The van der Waals surface area contributed by atoms with Gasteiger partial charge in [-0.15, -0.1) is 0 Å². The van der Waals surface area contributed by atoms with Gasteiger partial charge in [0.25, 0.3) is 0 Å². The normalized spacial score (nSPS) is 11.7. The molecule has 4 aromatic heterocycles. The maximum absolute atomic E-state index is 13.2. The number of rotatable bonds is 3. The average Bonchev–Trinajstić information content (AvgIpc) is 3.05. The van der Waals surface area contributed by atoms with Crippen molar-refractivity contribution in [2.24, 2.45) is 0 Å². The average molecular weight is 370 g/mol. The van der Waals surface area contributed by atoms with E-state index in [0.717, 1.165) is 11.6 Å². The van der Waals surface area contributed by atoms with Gasteiger partial charge in [-0.25, -0.2) is 9.97 Å². The van der Waals surface area contributed by atoms with Gasteiger partial charge in [-0.05, 0) is 36.8 Å². The second-order valence-corrected chi connectivity index (χ2v) is 5.90. The largest absolute Gasteiger partial charge is 0.418 e. The summed E-state index contributed by atoms with van der Waals surface area (Å²) in [6.45, 7) is 1.93. The molecule has 4 rings (SSSR count). The monoisotopic (exact) mass is 370 g/mol. The molecule has 0 spiro atoms. The lowest BCUT2D eigenvalue weighted by atomic mass is 10.1. The molecule has 0 atom stereocenters. The van der Waals surface area contributed by atoms with E-state index >= 15 is 0 Å². The highest BCUT2D eigenvalue weighted by Gasteiger charge is 2.34. The van der Waals surface area contributed by atoms with Crippen LogP contribution >= 0.6 is 0 Å². The van der Waals surface area contributed by atoms with Crippen LogP contribution in [0.5, 0.6) is 0 Å². The number of anilines is 2. The fourth-order valence-corrected chi connectivity index (χ4v) is 2.63. The number of hydrogen-bond acceptors (Lipinski definition) is 5. The van der Waals surface area contributed by atoms with Gasteiger partial charge in [-0.3, -0.25) is 4.98 Å². The molecule has 0 saturated heterocycles. The van der Waals surface area contributed by atoms with Crippen molar-refractivity contribution in [3.63, 3.8) is 0 Å². The van der Waals surface area contributed by atoms with Crippen LogP contribution in [0.25, 0.3) is 16.9 Å². The third-order valence-electron chi connectivity index (χ3n) is 3.92. The lowest BCUT2D eigenvalue weighted by molar-refractivity contribution is -0.137. The number of aryl methyl sites for hydroxylation is 1. The van der Waals surface area contributed by atoms with Crippen molar-refractivity contribution in [2.75, 3.05) is 5.32 Å². The molecule has 0 aromatic carbocycles. The summed E-state index contributed by atoms with van der Waals surface area (Å²) in [5, 5.41) is 7.29. The van der Waals surface area contributed by atoms with Crippen molar-refractivity contribution in [3.05, 3.63) is 66.2 Å². The van der Waals surface area contributed by atoms with Crippen molar-refractivity contribution < 1.29 is 13.2 Å². The minimum atomic E-state index is -4.50. The quantitative estimate of drug-likeness (QED) is 0.584. The predicted molar refractivity (Wildman–Crippen MR) is 93.5 cm³/mol. The molecule has 0 aliphatic rings. The Bertz CT molecular complexity index is 1100. The van der Waals surface area contributed by atoms with Crippen LogP contribution in [-0.4, -0.2) is 24.6 Å². The molecule has 0 amide bonds. The molecule has 1 N–H and O–H groups in total. The fourth-order valence-electron chi connectivity index (χ4n) is 2.63. The van der Waals surface area contributed by atoms with E-state index in [2.05, 4.69) is 25.4 Å². The standard InChI is InChI=1S/C18H13F3N6/c1-11-4-5-14(23-8-11)26-16-10-24-15-7-12(9-25-27(15)16)17-13(18(19,20)21)3-2-6-22-17/h2-10H,1H3,(H,23,26). The summed E-state index contributed by atoms with van der Waals surface area (Å²) in [5.41, 5.74) is 0.654. The molecule has 0 radical (unpaired) electrons. The van der Waals surface area contributed by atoms with Crippen molar-refractivity contribution in [1.29, 1.82) is 0 Å². The Kier molecular flexibility index (Phi) is 3.98. The van der Waals surface area contributed by atoms with Gasteiger partial charge in [0, 0.05) is 18.0 Å². The summed E-state index contributed by atoms with van der Waals surface area (Å²) in [6.07, 6.45) is 1.40. The first-order chi connectivity index (χ1) is 12.9. The van der Waals surface area contributed by atoms with Gasteiger partial charge >= 0.3 is 6.18 Å². The van der Waals surface area contributed by atoms with E-state index in [4.69, 9.17) is 0 Å². The van der Waals surface area contributed by atoms with Crippen LogP contribution in [-0.2, 0) is 6.18 Å². The fraction of sp³-hybridized carbons (Fsp3) is 0.111. The van der Waals surface area contributed by atoms with Crippen molar-refractivity contribution in [2.45, 2.75) is 13.1 Å². The number of halogens is 3. The molecule has 0 aliphatic heterocycles. The summed E-state index contributed by atoms with van der Waals surface area (Å²) in [4.78, 5) is 12.3. The van der Waals surface area contributed by atoms with Crippen molar-refractivity contribution in [1.82, 2.24) is 24.6 Å². The first-order valence-corrected chi connectivity index (χ1v) is 7.98. The van der Waals surface area contributed by atoms with Crippen LogP contribution in [0.15, 0.2) is 55.1 Å². The van der Waals surface area contributed by atoms with Crippen LogP contribution in [0.1, 0.15) is 11.1 Å². The van der Waals surface area contributed by atoms with Crippen LogP contribution in [0, 0.1) is 6.92 Å². The zero-order chi connectivity index (χ0) is 19.0. The van der Waals surface area contributed by atoms with E-state index in [-0.39, 0.29) is 11.3 Å². The molecule has 0 unspecified atom stereocenters. The van der Waals surface area contributed by atoms with Gasteiger partial charge in [0.1, 0.15) is 5.82 Å². The van der Waals surface area contributed by atoms with E-state index in [1.807, 2.05) is 19.1 Å². The van der Waals surface area contributed by atoms with Gasteiger partial charge in [-0.2, -0.15) is 22.8 Å². The summed E-state index contributed by atoms with van der Waals surface area (Å²) in [7, 11) is 0. The molecule has 4 aromatic rings. The zero-order valence-corrected chi connectivity index (χ0v) is 14.1. The topological polar surface area (TPSA) is 68.0 Å². The molecule has 27 heavy (non-hydrogen) atoms. The Balaban J connectivity index is 1.72. The number of imidazole rings is 1. The number of hydrogen-bond donors (Lipinski definition) is 1. The van der Waals surface area contributed by atoms with Crippen LogP contribution in [0.2, 0.25) is 0 Å². The highest BCUT2D eigenvalue weighted by Crippen LogP contribution is 2.35. The van der Waals surface area contributed by atoms with Crippen molar-refractivity contribution in [3.8, 4) is 11.3 Å². The molecule has 6 nitrogen and oxygen atoms in total. The number of pyridine rings is 2. The summed E-state index contributed by atoms with van der Waals surface area (Å²) in [6, 6.07) is 7.48. The van der Waals surface area contributed by atoms with E-state index in [9.17, 15) is 13.2 Å². The summed E-state index contributed by atoms with van der Waals surface area (Å²) < 4.78 is 41.2. The maximum Gasteiger partial charge on any atom is 0.418 e. The zero-order valence-electron chi connectivity index (χ0n) is 14.1. The molecule has 9 heteroatoms. The minimum absolute atomic E-state index is 0.183. The summed E-state index contributed by atoms with van der Waals surface area (Å²) in [5.74, 6) is 1.15. The third-order valence-corrected chi connectivity index (χ3v) is 3.92. The minimum Gasteiger partial charge on any atom is -0.324 e. The molecular formula is C18H13F3N6. The van der Waals surface area contributed by atoms with Crippen LogP contribution in [0.4, 0.5) is 24.8 Å². The second-order valence-electron chi connectivity index (χ2n) is 5.90. The highest BCUT2D eigenvalue weighted by molar-refractivity contribution is 5.68. The highest BCUT2D eigenvalue weighted by atomic mass is 19.4. The first kappa shape index (κ1) is 17.0. The molecule has 0 saturated carbocycles. The Morgan fingerprint density at radius 1 is 1.00 bits per heavy atom. The molecule has 0 fully saturated rings. The molecule has 136 valence electrons. The summed E-state index contributed by atoms with van der Waals surface area (Å²) >= 11 is 0. The first-order valence-electron chi connectivity index (χ1n) is 7.98. The Morgan fingerprint density at radius 3 is 2.59 bits per heavy atom. The van der Waals surface area contributed by atoms with E-state index < -0.39 is 11.7 Å². The van der Waals surface area contributed by atoms with Gasteiger partial charge in [0.2, 0.25) is 0 Å². The Labute approximate surface area is 151 Å². The smallest absolute Gasteiger partial charge is 0.324 e. The van der Waals surface area contributed by atoms with Crippen LogP contribution in [0.3, 0.4) is 0 Å². The second kappa shape index (κ2) is 6.35. The van der Waals surface area contributed by atoms with Gasteiger partial charge in [0.05, 0.1) is 23.7 Å². The molecule has 0 bridgehead atoms.